The molecular weight excluding hydrogens is 206 g/mol. The second-order valence-corrected chi connectivity index (χ2v) is 4.92. The van der Waals surface area contributed by atoms with Crippen molar-refractivity contribution in [2.24, 2.45) is 0 Å². The molecule has 0 radical (unpaired) electrons. The smallest absolute Gasteiger partial charge is 0.0323 e. The Hall–Kier alpha value is -0.820. The van der Waals surface area contributed by atoms with Gasteiger partial charge in [0.25, 0.3) is 0 Å². The van der Waals surface area contributed by atoms with Gasteiger partial charge in [-0.2, -0.15) is 0 Å². The standard InChI is InChI=1S/C14H21N.C2H6/c1-10(2)12-7-6-11(3)13(9-12)14-5-4-8-15-14;1-2/h6-7,9-10,14-15H,4-5,8H2,1-3H3;1-2H3. The van der Waals surface area contributed by atoms with Gasteiger partial charge in [0.2, 0.25) is 0 Å². The van der Waals surface area contributed by atoms with Gasteiger partial charge in [0.05, 0.1) is 0 Å². The van der Waals surface area contributed by atoms with Crippen LogP contribution in [0.15, 0.2) is 18.2 Å². The summed E-state index contributed by atoms with van der Waals surface area (Å²) >= 11 is 0. The van der Waals surface area contributed by atoms with Gasteiger partial charge in [-0.15, -0.1) is 0 Å². The molecule has 1 unspecified atom stereocenters. The van der Waals surface area contributed by atoms with E-state index in [2.05, 4.69) is 44.3 Å². The number of hydrogen-bond donors (Lipinski definition) is 1. The van der Waals surface area contributed by atoms with Crippen LogP contribution < -0.4 is 5.32 Å². The van der Waals surface area contributed by atoms with Crippen LogP contribution in [0, 0.1) is 6.92 Å². The van der Waals surface area contributed by atoms with Gasteiger partial charge in [-0.3, -0.25) is 0 Å². The number of rotatable bonds is 2. The zero-order valence-corrected chi connectivity index (χ0v) is 12.0. The van der Waals surface area contributed by atoms with Crippen LogP contribution in [0.25, 0.3) is 0 Å². The minimum absolute atomic E-state index is 0.601. The van der Waals surface area contributed by atoms with E-state index in [0.717, 1.165) is 0 Å². The van der Waals surface area contributed by atoms with Gasteiger partial charge in [-0.05, 0) is 48.9 Å². The average molecular weight is 233 g/mol. The van der Waals surface area contributed by atoms with Gasteiger partial charge in [-0.25, -0.2) is 0 Å². The lowest BCUT2D eigenvalue weighted by atomic mass is 9.93. The van der Waals surface area contributed by atoms with Crippen molar-refractivity contribution in [2.45, 2.75) is 59.4 Å². The Balaban J connectivity index is 0.000000686. The van der Waals surface area contributed by atoms with Crippen LogP contribution >= 0.6 is 0 Å². The van der Waals surface area contributed by atoms with Crippen molar-refractivity contribution >= 4 is 0 Å². The van der Waals surface area contributed by atoms with Gasteiger partial charge in [0, 0.05) is 6.04 Å². The van der Waals surface area contributed by atoms with E-state index in [1.165, 1.54) is 36.1 Å². The normalized spacial score (nSPS) is 19.1. The molecule has 1 nitrogen and oxygen atoms in total. The zero-order valence-electron chi connectivity index (χ0n) is 12.0. The number of hydrogen-bond acceptors (Lipinski definition) is 1. The summed E-state index contributed by atoms with van der Waals surface area (Å²) in [6.45, 7) is 11.9. The highest BCUT2D eigenvalue weighted by Crippen LogP contribution is 2.28. The number of nitrogens with one attached hydrogen (secondary N) is 1. The second kappa shape index (κ2) is 6.80. The molecule has 1 aromatic carbocycles. The maximum absolute atomic E-state index is 3.58. The first kappa shape index (κ1) is 14.2. The van der Waals surface area contributed by atoms with Crippen molar-refractivity contribution in [3.63, 3.8) is 0 Å². The van der Waals surface area contributed by atoms with E-state index >= 15 is 0 Å². The summed E-state index contributed by atoms with van der Waals surface area (Å²) in [5.74, 6) is 0.630. The predicted octanol–water partition coefficient (Wildman–Crippen LogP) is 4.57. The van der Waals surface area contributed by atoms with E-state index in [0.29, 0.717) is 12.0 Å². The van der Waals surface area contributed by atoms with E-state index in [-0.39, 0.29) is 0 Å². The molecule has 0 saturated carbocycles. The highest BCUT2D eigenvalue weighted by atomic mass is 14.9. The fourth-order valence-electron chi connectivity index (χ4n) is 2.34. The van der Waals surface area contributed by atoms with Crippen LogP contribution in [-0.4, -0.2) is 6.54 Å². The molecule has 1 aliphatic rings. The van der Waals surface area contributed by atoms with E-state index < -0.39 is 0 Å². The van der Waals surface area contributed by atoms with Crippen molar-refractivity contribution in [1.29, 1.82) is 0 Å². The minimum atomic E-state index is 0.601. The molecular formula is C16H27N. The third-order valence-electron chi connectivity index (χ3n) is 3.41. The first-order valence-electron chi connectivity index (χ1n) is 7.02. The van der Waals surface area contributed by atoms with Crippen LogP contribution in [0.2, 0.25) is 0 Å². The van der Waals surface area contributed by atoms with Gasteiger partial charge < -0.3 is 5.32 Å². The summed E-state index contributed by atoms with van der Waals surface area (Å²) in [5, 5.41) is 3.58. The molecule has 0 aromatic heterocycles. The molecule has 17 heavy (non-hydrogen) atoms. The minimum Gasteiger partial charge on any atom is -0.310 e. The molecule has 1 N–H and O–H groups in total. The lowest BCUT2D eigenvalue weighted by Crippen LogP contribution is -2.14. The Kier molecular flexibility index (Phi) is 5.70. The predicted molar refractivity (Wildman–Crippen MR) is 76.6 cm³/mol. The first-order valence-corrected chi connectivity index (χ1v) is 7.02. The molecule has 0 aliphatic carbocycles. The van der Waals surface area contributed by atoms with E-state index in [1.807, 2.05) is 13.8 Å². The first-order chi connectivity index (χ1) is 8.18. The third-order valence-corrected chi connectivity index (χ3v) is 3.41. The van der Waals surface area contributed by atoms with E-state index in [4.69, 9.17) is 0 Å². The van der Waals surface area contributed by atoms with E-state index in [1.54, 1.807) is 0 Å². The van der Waals surface area contributed by atoms with Crippen LogP contribution in [0.1, 0.15) is 69.2 Å². The van der Waals surface area contributed by atoms with Gasteiger partial charge in [-0.1, -0.05) is 45.9 Å². The monoisotopic (exact) mass is 233 g/mol. The van der Waals surface area contributed by atoms with Crippen LogP contribution in [0.5, 0.6) is 0 Å². The molecule has 96 valence electrons. The molecule has 0 bridgehead atoms. The third kappa shape index (κ3) is 3.57. The fourth-order valence-corrected chi connectivity index (χ4v) is 2.34. The SMILES string of the molecule is CC.Cc1ccc(C(C)C)cc1C1CCCN1. The van der Waals surface area contributed by atoms with E-state index in [9.17, 15) is 0 Å². The highest BCUT2D eigenvalue weighted by molar-refractivity contribution is 5.35. The molecule has 1 aliphatic heterocycles. The largest absolute Gasteiger partial charge is 0.310 e. The van der Waals surface area contributed by atoms with Crippen molar-refractivity contribution in [1.82, 2.24) is 5.32 Å². The topological polar surface area (TPSA) is 12.0 Å². The molecule has 1 atom stereocenters. The molecule has 2 rings (SSSR count). The summed E-state index contributed by atoms with van der Waals surface area (Å²) in [7, 11) is 0. The lowest BCUT2D eigenvalue weighted by molar-refractivity contribution is 0.641. The zero-order chi connectivity index (χ0) is 12.8. The second-order valence-electron chi connectivity index (χ2n) is 4.92. The Morgan fingerprint density at radius 3 is 2.47 bits per heavy atom. The van der Waals surface area contributed by atoms with Crippen molar-refractivity contribution in [3.05, 3.63) is 34.9 Å². The Morgan fingerprint density at radius 2 is 1.94 bits per heavy atom. The lowest BCUT2D eigenvalue weighted by Gasteiger charge is -2.16. The van der Waals surface area contributed by atoms with Crippen LogP contribution in [0.3, 0.4) is 0 Å². The quantitative estimate of drug-likeness (QED) is 0.789. The van der Waals surface area contributed by atoms with Crippen molar-refractivity contribution in [3.8, 4) is 0 Å². The Bertz CT molecular complexity index is 335. The average Bonchev–Trinajstić information content (AvgIpc) is 2.85. The van der Waals surface area contributed by atoms with Crippen molar-refractivity contribution in [2.75, 3.05) is 6.54 Å². The molecule has 1 heteroatoms. The van der Waals surface area contributed by atoms with Gasteiger partial charge >= 0.3 is 0 Å². The summed E-state index contributed by atoms with van der Waals surface area (Å²) in [6, 6.07) is 7.52. The summed E-state index contributed by atoms with van der Waals surface area (Å²) in [6.07, 6.45) is 2.61. The molecule has 0 amide bonds. The molecule has 1 heterocycles. The summed E-state index contributed by atoms with van der Waals surface area (Å²) < 4.78 is 0. The number of aryl methyl sites for hydroxylation is 1. The maximum Gasteiger partial charge on any atom is 0.0323 e. The molecule has 1 fully saturated rings. The fraction of sp³-hybridized carbons (Fsp3) is 0.625. The molecule has 1 saturated heterocycles. The van der Waals surface area contributed by atoms with Crippen LogP contribution in [-0.2, 0) is 0 Å². The summed E-state index contributed by atoms with van der Waals surface area (Å²) in [5.41, 5.74) is 4.40. The highest BCUT2D eigenvalue weighted by Gasteiger charge is 2.18. The van der Waals surface area contributed by atoms with Gasteiger partial charge in [0.1, 0.15) is 0 Å². The molecule has 0 spiro atoms. The maximum atomic E-state index is 3.58. The van der Waals surface area contributed by atoms with Crippen LogP contribution in [0.4, 0.5) is 0 Å². The van der Waals surface area contributed by atoms with Gasteiger partial charge in [0.15, 0.2) is 0 Å². The summed E-state index contributed by atoms with van der Waals surface area (Å²) in [4.78, 5) is 0. The van der Waals surface area contributed by atoms with Crippen molar-refractivity contribution < 1.29 is 0 Å². The Morgan fingerprint density at radius 1 is 1.24 bits per heavy atom. The molecule has 1 aromatic rings. The number of benzene rings is 1. The Labute approximate surface area is 107 Å².